The van der Waals surface area contributed by atoms with Gasteiger partial charge in [0.1, 0.15) is 39.7 Å². The second-order valence-corrected chi connectivity index (χ2v) is 7.18. The Hall–Kier alpha value is -2.74. The minimum Gasteiger partial charge on any atom is -0.463 e. The highest BCUT2D eigenvalue weighted by molar-refractivity contribution is 5.99. The van der Waals surface area contributed by atoms with Crippen LogP contribution in [-0.2, 0) is 42.8 Å². The third kappa shape index (κ3) is 15.2. The number of esters is 3. The van der Waals surface area contributed by atoms with Crippen molar-refractivity contribution in [1.82, 2.24) is 0 Å². The molecule has 0 bridgehead atoms. The molecular weight excluding hydrogens is 593 g/mol. The molecule has 234 valence electrons. The fraction of sp³-hybridized carbons (Fsp3) is 0.750. The van der Waals surface area contributed by atoms with Crippen molar-refractivity contribution in [2.75, 3.05) is 66.1 Å². The summed E-state index contributed by atoms with van der Waals surface area (Å²) in [5.74, 6) is -14.5. The standard InChI is InChI=1S/C20H23F11O9/c21-1-2-35-3-6-38-14(32)9-13(16(34)40-8-5-37-12-18(24,25)20(29,30)31)10-15(33)39-7-4-36-11-17(22,23)19(26,27)28/h9H,1-8,10-12H2/b13-9-. The molecule has 0 atom stereocenters. The Labute approximate surface area is 218 Å². The second-order valence-electron chi connectivity index (χ2n) is 7.18. The van der Waals surface area contributed by atoms with Crippen LogP contribution in [0.4, 0.5) is 48.3 Å². The summed E-state index contributed by atoms with van der Waals surface area (Å²) in [5, 5.41) is 0. The lowest BCUT2D eigenvalue weighted by molar-refractivity contribution is -0.297. The van der Waals surface area contributed by atoms with Gasteiger partial charge in [-0.25, -0.2) is 14.0 Å². The molecule has 0 rings (SSSR count). The molecule has 0 unspecified atom stereocenters. The fourth-order valence-corrected chi connectivity index (χ4v) is 2.00. The molecule has 0 amide bonds. The van der Waals surface area contributed by atoms with Crippen LogP contribution < -0.4 is 0 Å². The van der Waals surface area contributed by atoms with Crippen molar-refractivity contribution in [3.05, 3.63) is 11.6 Å². The van der Waals surface area contributed by atoms with Crippen molar-refractivity contribution in [3.63, 3.8) is 0 Å². The highest BCUT2D eigenvalue weighted by Crippen LogP contribution is 2.36. The minimum atomic E-state index is -5.90. The zero-order chi connectivity index (χ0) is 31.0. The Kier molecular flexibility index (Phi) is 16.0. The summed E-state index contributed by atoms with van der Waals surface area (Å²) >= 11 is 0. The first-order valence-electron chi connectivity index (χ1n) is 10.7. The van der Waals surface area contributed by atoms with E-state index in [1.807, 2.05) is 0 Å². The number of ether oxygens (including phenoxy) is 6. The monoisotopic (exact) mass is 616 g/mol. The first-order valence-corrected chi connectivity index (χ1v) is 10.7. The van der Waals surface area contributed by atoms with Gasteiger partial charge in [-0.3, -0.25) is 4.79 Å². The topological polar surface area (TPSA) is 107 Å². The van der Waals surface area contributed by atoms with Crippen molar-refractivity contribution < 1.29 is 91.1 Å². The van der Waals surface area contributed by atoms with Crippen LogP contribution in [0.1, 0.15) is 6.42 Å². The molecule has 0 aliphatic rings. The van der Waals surface area contributed by atoms with E-state index >= 15 is 0 Å². The van der Waals surface area contributed by atoms with Crippen LogP contribution in [0.5, 0.6) is 0 Å². The highest BCUT2D eigenvalue weighted by atomic mass is 19.4. The number of hydrogen-bond acceptors (Lipinski definition) is 9. The summed E-state index contributed by atoms with van der Waals surface area (Å²) in [4.78, 5) is 35.9. The lowest BCUT2D eigenvalue weighted by atomic mass is 10.2. The smallest absolute Gasteiger partial charge is 0.455 e. The third-order valence-corrected chi connectivity index (χ3v) is 3.93. The van der Waals surface area contributed by atoms with Crippen molar-refractivity contribution in [2.45, 2.75) is 30.6 Å². The summed E-state index contributed by atoms with van der Waals surface area (Å²) in [6.45, 7) is -9.72. The Morgan fingerprint density at radius 3 is 1.50 bits per heavy atom. The molecule has 0 spiro atoms. The van der Waals surface area contributed by atoms with Gasteiger partial charge in [0.25, 0.3) is 0 Å². The van der Waals surface area contributed by atoms with Gasteiger partial charge < -0.3 is 28.4 Å². The zero-order valence-corrected chi connectivity index (χ0v) is 20.2. The van der Waals surface area contributed by atoms with Gasteiger partial charge in [0, 0.05) is 6.08 Å². The zero-order valence-electron chi connectivity index (χ0n) is 20.2. The predicted octanol–water partition coefficient (Wildman–Crippen LogP) is 3.35. The predicted molar refractivity (Wildman–Crippen MR) is 106 cm³/mol. The molecule has 20 heteroatoms. The number of carbonyl (C=O) groups excluding carboxylic acids is 3. The van der Waals surface area contributed by atoms with Gasteiger partial charge in [-0.2, -0.15) is 43.9 Å². The Morgan fingerprint density at radius 1 is 0.575 bits per heavy atom. The number of hydrogen-bond donors (Lipinski definition) is 0. The molecule has 0 aliphatic heterocycles. The summed E-state index contributed by atoms with van der Waals surface area (Å²) in [5.41, 5.74) is -0.815. The molecule has 0 heterocycles. The molecule has 0 saturated carbocycles. The molecule has 0 saturated heterocycles. The van der Waals surface area contributed by atoms with E-state index in [4.69, 9.17) is 0 Å². The molecule has 0 aromatic carbocycles. The molecule has 0 radical (unpaired) electrons. The average molecular weight is 616 g/mol. The van der Waals surface area contributed by atoms with Crippen LogP contribution in [-0.4, -0.2) is 108 Å². The molecule has 0 aromatic heterocycles. The summed E-state index contributed by atoms with van der Waals surface area (Å²) in [6.07, 6.45) is -12.5. The van der Waals surface area contributed by atoms with E-state index in [0.29, 0.717) is 6.08 Å². The van der Waals surface area contributed by atoms with Crippen LogP contribution >= 0.6 is 0 Å². The van der Waals surface area contributed by atoms with Gasteiger partial charge in [0.2, 0.25) is 0 Å². The molecule has 0 N–H and O–H groups in total. The van der Waals surface area contributed by atoms with E-state index in [1.165, 1.54) is 0 Å². The van der Waals surface area contributed by atoms with Gasteiger partial charge in [0.05, 0.1) is 38.4 Å². The molecule has 9 nitrogen and oxygen atoms in total. The first-order chi connectivity index (χ1) is 18.3. The molecule has 40 heavy (non-hydrogen) atoms. The first kappa shape index (κ1) is 37.3. The van der Waals surface area contributed by atoms with E-state index in [0.717, 1.165) is 0 Å². The van der Waals surface area contributed by atoms with Crippen LogP contribution in [0.3, 0.4) is 0 Å². The fourth-order valence-electron chi connectivity index (χ4n) is 2.00. The normalized spacial score (nSPS) is 13.2. The second kappa shape index (κ2) is 17.2. The summed E-state index contributed by atoms with van der Waals surface area (Å²) < 4.78 is 162. The van der Waals surface area contributed by atoms with E-state index in [1.54, 1.807) is 0 Å². The molecule has 0 aromatic rings. The molecule has 0 aliphatic carbocycles. The largest absolute Gasteiger partial charge is 0.463 e. The summed E-state index contributed by atoms with van der Waals surface area (Å²) in [7, 11) is 0. The van der Waals surface area contributed by atoms with E-state index in [2.05, 4.69) is 28.4 Å². The van der Waals surface area contributed by atoms with Gasteiger partial charge in [-0.05, 0) is 0 Å². The number of carbonyl (C=O) groups is 3. The Balaban J connectivity index is 4.93. The van der Waals surface area contributed by atoms with Gasteiger partial charge in [-0.1, -0.05) is 0 Å². The van der Waals surface area contributed by atoms with E-state index < -0.39 is 107 Å². The van der Waals surface area contributed by atoms with Gasteiger partial charge >= 0.3 is 42.1 Å². The lowest BCUT2D eigenvalue weighted by Crippen LogP contribution is -2.41. The van der Waals surface area contributed by atoms with E-state index in [-0.39, 0.29) is 13.2 Å². The number of halogens is 11. The van der Waals surface area contributed by atoms with Gasteiger partial charge in [0.15, 0.2) is 0 Å². The van der Waals surface area contributed by atoms with Crippen molar-refractivity contribution in [1.29, 1.82) is 0 Å². The number of alkyl halides is 11. The van der Waals surface area contributed by atoms with Crippen molar-refractivity contribution in [2.24, 2.45) is 0 Å². The van der Waals surface area contributed by atoms with E-state index in [9.17, 15) is 62.7 Å². The Morgan fingerprint density at radius 2 is 1.02 bits per heavy atom. The van der Waals surface area contributed by atoms with Crippen molar-refractivity contribution >= 4 is 17.9 Å². The molecule has 0 fully saturated rings. The maximum Gasteiger partial charge on any atom is 0.455 e. The van der Waals surface area contributed by atoms with Crippen LogP contribution in [0.25, 0.3) is 0 Å². The quantitative estimate of drug-likeness (QED) is 0.0711. The van der Waals surface area contributed by atoms with Crippen molar-refractivity contribution in [3.8, 4) is 0 Å². The Bertz CT molecular complexity index is 828. The summed E-state index contributed by atoms with van der Waals surface area (Å²) in [6, 6.07) is 0. The SMILES string of the molecule is O=C(/C=C(/CC(=O)OCCOCC(F)(F)C(F)(F)F)C(=O)OCCOCC(F)(F)C(F)(F)F)OCCOCCF. The van der Waals surface area contributed by atoms with Crippen LogP contribution in [0, 0.1) is 0 Å². The highest BCUT2D eigenvalue weighted by Gasteiger charge is 2.58. The van der Waals surface area contributed by atoms with Gasteiger partial charge in [-0.15, -0.1) is 0 Å². The number of rotatable bonds is 19. The average Bonchev–Trinajstić information content (AvgIpc) is 2.81. The van der Waals surface area contributed by atoms with Crippen LogP contribution in [0.15, 0.2) is 11.6 Å². The molecular formula is C20H23F11O9. The minimum absolute atomic E-state index is 0.265. The maximum absolute atomic E-state index is 12.8. The third-order valence-electron chi connectivity index (χ3n) is 3.93. The van der Waals surface area contributed by atoms with Crippen LogP contribution in [0.2, 0.25) is 0 Å². The lowest BCUT2D eigenvalue weighted by Gasteiger charge is -2.19. The maximum atomic E-state index is 12.8.